The van der Waals surface area contributed by atoms with Gasteiger partial charge in [-0.2, -0.15) is 0 Å². The van der Waals surface area contributed by atoms with Crippen LogP contribution in [0.5, 0.6) is 0 Å². The first-order valence-corrected chi connectivity index (χ1v) is 7.17. The maximum Gasteiger partial charge on any atom is 0.270 e. The summed E-state index contributed by atoms with van der Waals surface area (Å²) in [5.41, 5.74) is 6.92. The van der Waals surface area contributed by atoms with Crippen LogP contribution in [0.4, 0.5) is 0 Å². The van der Waals surface area contributed by atoms with Crippen LogP contribution in [0.2, 0.25) is 0 Å². The fourth-order valence-electron chi connectivity index (χ4n) is 2.03. The van der Waals surface area contributed by atoms with Gasteiger partial charge in [0.25, 0.3) is 5.91 Å². The van der Waals surface area contributed by atoms with Crippen molar-refractivity contribution in [2.24, 2.45) is 5.73 Å². The van der Waals surface area contributed by atoms with Crippen molar-refractivity contribution >= 4 is 5.91 Å². The molecule has 1 aromatic heterocycles. The number of aromatic nitrogens is 1. The van der Waals surface area contributed by atoms with Crippen LogP contribution in [0.1, 0.15) is 62.0 Å². The molecule has 4 heteroatoms. The van der Waals surface area contributed by atoms with E-state index in [9.17, 15) is 4.79 Å². The number of carbonyl (C=O) groups is 1. The minimum Gasteiger partial charge on any atom is -0.348 e. The molecule has 1 aromatic rings. The monoisotopic (exact) mass is 263 g/mol. The normalized spacial score (nSPS) is 12.2. The second-order valence-corrected chi connectivity index (χ2v) is 4.86. The highest BCUT2D eigenvalue weighted by Gasteiger charge is 2.13. The number of hydrogen-bond donors (Lipinski definition) is 2. The lowest BCUT2D eigenvalue weighted by molar-refractivity contribution is 0.0927. The first-order chi connectivity index (χ1) is 9.21. The third-order valence-electron chi connectivity index (χ3n) is 3.17. The van der Waals surface area contributed by atoms with Crippen LogP contribution in [-0.4, -0.2) is 16.9 Å². The summed E-state index contributed by atoms with van der Waals surface area (Å²) in [4.78, 5) is 16.2. The van der Waals surface area contributed by atoms with E-state index in [4.69, 9.17) is 5.73 Å². The first-order valence-electron chi connectivity index (χ1n) is 7.17. The molecule has 0 radical (unpaired) electrons. The van der Waals surface area contributed by atoms with Crippen LogP contribution in [0.3, 0.4) is 0 Å². The average molecular weight is 263 g/mol. The van der Waals surface area contributed by atoms with Gasteiger partial charge in [-0.05, 0) is 24.5 Å². The van der Waals surface area contributed by atoms with Crippen LogP contribution >= 0.6 is 0 Å². The van der Waals surface area contributed by atoms with E-state index < -0.39 is 0 Å². The number of nitrogens with two attached hydrogens (primary N) is 1. The zero-order valence-electron chi connectivity index (χ0n) is 12.0. The summed E-state index contributed by atoms with van der Waals surface area (Å²) in [6, 6.07) is 3.84. The van der Waals surface area contributed by atoms with Gasteiger partial charge in [0.1, 0.15) is 5.69 Å². The lowest BCUT2D eigenvalue weighted by atomic mass is 10.0. The van der Waals surface area contributed by atoms with Crippen LogP contribution in [0.15, 0.2) is 18.3 Å². The Morgan fingerprint density at radius 1 is 1.32 bits per heavy atom. The largest absolute Gasteiger partial charge is 0.348 e. The maximum atomic E-state index is 12.1. The molecular weight excluding hydrogens is 238 g/mol. The summed E-state index contributed by atoms with van der Waals surface area (Å²) >= 11 is 0. The van der Waals surface area contributed by atoms with E-state index in [1.165, 1.54) is 0 Å². The molecule has 0 saturated carbocycles. The fourth-order valence-corrected chi connectivity index (χ4v) is 2.03. The second kappa shape index (κ2) is 8.64. The number of unbranched alkanes of at least 4 members (excludes halogenated alkanes) is 1. The number of carbonyl (C=O) groups excluding carboxylic acids is 1. The topological polar surface area (TPSA) is 68.0 Å². The Morgan fingerprint density at radius 3 is 2.63 bits per heavy atom. The van der Waals surface area contributed by atoms with Gasteiger partial charge < -0.3 is 11.1 Å². The van der Waals surface area contributed by atoms with E-state index in [2.05, 4.69) is 24.1 Å². The minimum atomic E-state index is -0.0851. The van der Waals surface area contributed by atoms with Gasteiger partial charge in [-0.25, -0.2) is 0 Å². The zero-order chi connectivity index (χ0) is 14.1. The van der Waals surface area contributed by atoms with Gasteiger partial charge in [0.05, 0.1) is 0 Å². The van der Waals surface area contributed by atoms with Crippen molar-refractivity contribution in [1.29, 1.82) is 0 Å². The van der Waals surface area contributed by atoms with Gasteiger partial charge in [-0.15, -0.1) is 0 Å². The number of pyridine rings is 1. The van der Waals surface area contributed by atoms with Crippen molar-refractivity contribution in [1.82, 2.24) is 10.3 Å². The number of nitrogens with zero attached hydrogens (tertiary/aromatic N) is 1. The Labute approximate surface area is 115 Å². The van der Waals surface area contributed by atoms with Gasteiger partial charge >= 0.3 is 0 Å². The van der Waals surface area contributed by atoms with Gasteiger partial charge in [-0.1, -0.05) is 39.2 Å². The molecule has 1 unspecified atom stereocenters. The number of rotatable bonds is 8. The maximum absolute atomic E-state index is 12.1. The van der Waals surface area contributed by atoms with Crippen molar-refractivity contribution in [3.63, 3.8) is 0 Å². The van der Waals surface area contributed by atoms with Crippen molar-refractivity contribution < 1.29 is 4.79 Å². The molecule has 0 spiro atoms. The Balaban J connectivity index is 2.58. The van der Waals surface area contributed by atoms with Crippen LogP contribution in [0.25, 0.3) is 0 Å². The molecule has 0 bridgehead atoms. The third-order valence-corrected chi connectivity index (χ3v) is 3.17. The highest BCUT2D eigenvalue weighted by atomic mass is 16.1. The molecule has 3 N–H and O–H groups in total. The highest BCUT2D eigenvalue weighted by Crippen LogP contribution is 2.08. The molecule has 0 aromatic carbocycles. The lowest BCUT2D eigenvalue weighted by Crippen LogP contribution is -2.35. The molecule has 0 aliphatic carbocycles. The third kappa shape index (κ3) is 5.39. The molecule has 4 nitrogen and oxygen atoms in total. The Kier molecular flexibility index (Phi) is 7.11. The standard InChI is InChI=1S/C15H25N3O/c1-3-5-7-13(6-4-2)18-15(19)14-9-8-12(10-16)11-17-14/h8-9,11,13H,3-7,10,16H2,1-2H3,(H,18,19). The van der Waals surface area contributed by atoms with Crippen LogP contribution < -0.4 is 11.1 Å². The van der Waals surface area contributed by atoms with E-state index >= 15 is 0 Å². The van der Waals surface area contributed by atoms with E-state index in [1.54, 1.807) is 12.3 Å². The summed E-state index contributed by atoms with van der Waals surface area (Å²) in [6.45, 7) is 4.75. The SMILES string of the molecule is CCCCC(CCC)NC(=O)c1ccc(CN)cn1. The van der Waals surface area contributed by atoms with Gasteiger partial charge in [0.15, 0.2) is 0 Å². The summed E-state index contributed by atoms with van der Waals surface area (Å²) in [5.74, 6) is -0.0851. The molecule has 19 heavy (non-hydrogen) atoms. The summed E-state index contributed by atoms with van der Waals surface area (Å²) in [5, 5.41) is 3.07. The summed E-state index contributed by atoms with van der Waals surface area (Å²) in [6.07, 6.45) is 7.09. The summed E-state index contributed by atoms with van der Waals surface area (Å²) in [7, 11) is 0. The fraction of sp³-hybridized carbons (Fsp3) is 0.600. The molecule has 0 aliphatic heterocycles. The molecule has 106 valence electrons. The molecule has 0 fully saturated rings. The molecule has 0 saturated heterocycles. The van der Waals surface area contributed by atoms with Gasteiger partial charge in [0.2, 0.25) is 0 Å². The highest BCUT2D eigenvalue weighted by molar-refractivity contribution is 5.92. The number of hydrogen-bond acceptors (Lipinski definition) is 3. The molecular formula is C15H25N3O. The van der Waals surface area contributed by atoms with Gasteiger partial charge in [0, 0.05) is 18.8 Å². The molecule has 1 atom stereocenters. The Bertz CT molecular complexity index is 375. The number of nitrogens with one attached hydrogen (secondary N) is 1. The van der Waals surface area contributed by atoms with Crippen LogP contribution in [0, 0.1) is 0 Å². The van der Waals surface area contributed by atoms with E-state index in [0.29, 0.717) is 12.2 Å². The average Bonchev–Trinajstić information content (AvgIpc) is 2.45. The van der Waals surface area contributed by atoms with Crippen molar-refractivity contribution in [3.05, 3.63) is 29.6 Å². The predicted octanol–water partition coefficient (Wildman–Crippen LogP) is 2.63. The Morgan fingerprint density at radius 2 is 2.11 bits per heavy atom. The van der Waals surface area contributed by atoms with Crippen molar-refractivity contribution in [2.75, 3.05) is 0 Å². The van der Waals surface area contributed by atoms with Crippen molar-refractivity contribution in [3.8, 4) is 0 Å². The molecule has 0 aliphatic rings. The molecule has 1 amide bonds. The van der Waals surface area contributed by atoms with Crippen LogP contribution in [-0.2, 0) is 6.54 Å². The molecule has 1 rings (SSSR count). The van der Waals surface area contributed by atoms with Crippen molar-refractivity contribution in [2.45, 2.75) is 58.5 Å². The van der Waals surface area contributed by atoms with E-state index in [-0.39, 0.29) is 11.9 Å². The summed E-state index contributed by atoms with van der Waals surface area (Å²) < 4.78 is 0. The predicted molar refractivity (Wildman–Crippen MR) is 77.8 cm³/mol. The van der Waals surface area contributed by atoms with E-state index in [1.807, 2.05) is 6.07 Å². The number of amides is 1. The molecule has 1 heterocycles. The zero-order valence-corrected chi connectivity index (χ0v) is 12.0. The van der Waals surface area contributed by atoms with Gasteiger partial charge in [-0.3, -0.25) is 9.78 Å². The lowest BCUT2D eigenvalue weighted by Gasteiger charge is -2.17. The van der Waals surface area contributed by atoms with E-state index in [0.717, 1.165) is 37.7 Å². The second-order valence-electron chi connectivity index (χ2n) is 4.86. The first kappa shape index (κ1) is 15.6. The quantitative estimate of drug-likeness (QED) is 0.757. The smallest absolute Gasteiger partial charge is 0.270 e. The Hall–Kier alpha value is -1.42. The minimum absolute atomic E-state index is 0.0851.